The van der Waals surface area contributed by atoms with Gasteiger partial charge in [-0.1, -0.05) is 0 Å². The summed E-state index contributed by atoms with van der Waals surface area (Å²) in [5.41, 5.74) is 0.684. The molecule has 0 radical (unpaired) electrons. The van der Waals surface area contributed by atoms with E-state index in [0.29, 0.717) is 12.3 Å². The number of alkyl halides is 2. The Labute approximate surface area is 117 Å². The van der Waals surface area contributed by atoms with Crippen molar-refractivity contribution in [2.24, 2.45) is 0 Å². The Bertz CT molecular complexity index is 449. The lowest BCUT2D eigenvalue weighted by Gasteiger charge is -2.28. The van der Waals surface area contributed by atoms with Crippen molar-refractivity contribution in [1.82, 2.24) is 10.2 Å². The molecule has 6 heteroatoms. The second-order valence-corrected chi connectivity index (χ2v) is 4.73. The van der Waals surface area contributed by atoms with Crippen LogP contribution in [0.5, 0.6) is 11.5 Å². The molecule has 0 saturated carbocycles. The quantitative estimate of drug-likeness (QED) is 0.898. The molecule has 1 fully saturated rings. The van der Waals surface area contributed by atoms with Crippen LogP contribution in [0, 0.1) is 0 Å². The Morgan fingerprint density at radius 3 is 2.35 bits per heavy atom. The normalized spacial score (nSPS) is 16.4. The third kappa shape index (κ3) is 3.37. The molecule has 0 unspecified atom stereocenters. The highest BCUT2D eigenvalue weighted by Gasteiger charge is 2.20. The fourth-order valence-corrected chi connectivity index (χ4v) is 2.40. The third-order valence-corrected chi connectivity index (χ3v) is 3.47. The number of nitrogens with one attached hydrogen (secondary N) is 1. The summed E-state index contributed by atoms with van der Waals surface area (Å²) in [5, 5.41) is 3.26. The first kappa shape index (κ1) is 15.0. The Balaban J connectivity index is 2.27. The Morgan fingerprint density at radius 2 is 1.80 bits per heavy atom. The molecular formula is C14H20F2N2O2. The molecule has 0 spiro atoms. The molecule has 1 aromatic carbocycles. The molecule has 0 aliphatic carbocycles. The number of hydrogen-bond acceptors (Lipinski definition) is 4. The maximum atomic E-state index is 13.1. The SMILES string of the molecule is COc1cc(OC)c(C(F)F)cc1CN1CCNCC1. The summed E-state index contributed by atoms with van der Waals surface area (Å²) in [6, 6.07) is 3.03. The van der Waals surface area contributed by atoms with Crippen LogP contribution in [-0.4, -0.2) is 45.3 Å². The van der Waals surface area contributed by atoms with Gasteiger partial charge >= 0.3 is 0 Å². The maximum absolute atomic E-state index is 13.1. The molecule has 0 bridgehead atoms. The summed E-state index contributed by atoms with van der Waals surface area (Å²) in [5.74, 6) is 0.755. The van der Waals surface area contributed by atoms with Crippen LogP contribution >= 0.6 is 0 Å². The molecule has 1 aromatic rings. The highest BCUT2D eigenvalue weighted by atomic mass is 19.3. The van der Waals surface area contributed by atoms with Crippen molar-refractivity contribution in [3.8, 4) is 11.5 Å². The first-order chi connectivity index (χ1) is 9.65. The number of methoxy groups -OCH3 is 2. The van der Waals surface area contributed by atoms with Crippen molar-refractivity contribution in [2.45, 2.75) is 13.0 Å². The average molecular weight is 286 g/mol. The fraction of sp³-hybridized carbons (Fsp3) is 0.571. The van der Waals surface area contributed by atoms with Gasteiger partial charge in [0.1, 0.15) is 11.5 Å². The van der Waals surface area contributed by atoms with Crippen LogP contribution in [0.1, 0.15) is 17.6 Å². The number of nitrogens with zero attached hydrogens (tertiary/aromatic N) is 1. The smallest absolute Gasteiger partial charge is 0.267 e. The molecular weight excluding hydrogens is 266 g/mol. The van der Waals surface area contributed by atoms with E-state index in [4.69, 9.17) is 9.47 Å². The lowest BCUT2D eigenvalue weighted by atomic mass is 10.1. The van der Waals surface area contributed by atoms with E-state index in [1.165, 1.54) is 20.3 Å². The minimum atomic E-state index is -2.56. The molecule has 1 saturated heterocycles. The summed E-state index contributed by atoms with van der Waals surface area (Å²) >= 11 is 0. The van der Waals surface area contributed by atoms with Gasteiger partial charge in [-0.3, -0.25) is 4.90 Å². The van der Waals surface area contributed by atoms with E-state index in [9.17, 15) is 8.78 Å². The Hall–Kier alpha value is -1.40. The standard InChI is InChI=1S/C14H20F2N2O2/c1-19-12-8-13(20-2)11(14(15)16)7-10(12)9-18-5-3-17-4-6-18/h7-8,14,17H,3-6,9H2,1-2H3. The van der Waals surface area contributed by atoms with Crippen LogP contribution in [0.25, 0.3) is 0 Å². The second kappa shape index (κ2) is 6.85. The van der Waals surface area contributed by atoms with Gasteiger partial charge in [0.15, 0.2) is 0 Å². The Morgan fingerprint density at radius 1 is 1.15 bits per heavy atom. The van der Waals surface area contributed by atoms with Gasteiger partial charge in [-0.2, -0.15) is 0 Å². The number of piperazine rings is 1. The van der Waals surface area contributed by atoms with Crippen molar-refractivity contribution in [3.63, 3.8) is 0 Å². The van der Waals surface area contributed by atoms with Gasteiger partial charge in [0.25, 0.3) is 6.43 Å². The largest absolute Gasteiger partial charge is 0.496 e. The minimum Gasteiger partial charge on any atom is -0.496 e. The van der Waals surface area contributed by atoms with Crippen LogP contribution in [0.2, 0.25) is 0 Å². The van der Waals surface area contributed by atoms with Gasteiger partial charge in [-0.25, -0.2) is 8.78 Å². The zero-order chi connectivity index (χ0) is 14.5. The zero-order valence-corrected chi connectivity index (χ0v) is 11.8. The van der Waals surface area contributed by atoms with E-state index in [2.05, 4.69) is 10.2 Å². The van der Waals surface area contributed by atoms with Crippen LogP contribution < -0.4 is 14.8 Å². The van der Waals surface area contributed by atoms with E-state index < -0.39 is 6.43 Å². The van der Waals surface area contributed by atoms with Gasteiger partial charge in [0.05, 0.1) is 19.8 Å². The van der Waals surface area contributed by atoms with Crippen molar-refractivity contribution >= 4 is 0 Å². The molecule has 0 atom stereocenters. The highest BCUT2D eigenvalue weighted by molar-refractivity contribution is 5.47. The van der Waals surface area contributed by atoms with Crippen molar-refractivity contribution < 1.29 is 18.3 Å². The lowest BCUT2D eigenvalue weighted by Crippen LogP contribution is -2.42. The first-order valence-electron chi connectivity index (χ1n) is 6.61. The number of benzene rings is 1. The average Bonchev–Trinajstić information content (AvgIpc) is 2.47. The van der Waals surface area contributed by atoms with Crippen LogP contribution in [0.4, 0.5) is 8.78 Å². The molecule has 1 aliphatic rings. The summed E-state index contributed by atoms with van der Waals surface area (Å²) in [4.78, 5) is 2.22. The highest BCUT2D eigenvalue weighted by Crippen LogP contribution is 2.35. The molecule has 20 heavy (non-hydrogen) atoms. The van der Waals surface area contributed by atoms with Crippen molar-refractivity contribution in [3.05, 3.63) is 23.3 Å². The van der Waals surface area contributed by atoms with Crippen LogP contribution in [0.15, 0.2) is 12.1 Å². The van der Waals surface area contributed by atoms with E-state index in [1.807, 2.05) is 0 Å². The number of hydrogen-bond donors (Lipinski definition) is 1. The van der Waals surface area contributed by atoms with Gasteiger partial charge in [-0.05, 0) is 6.07 Å². The van der Waals surface area contributed by atoms with Gasteiger partial charge in [0, 0.05) is 44.4 Å². The summed E-state index contributed by atoms with van der Waals surface area (Å²) < 4.78 is 36.4. The summed E-state index contributed by atoms with van der Waals surface area (Å²) in [7, 11) is 2.93. The predicted octanol–water partition coefficient (Wildman–Crippen LogP) is 2.05. The lowest BCUT2D eigenvalue weighted by molar-refractivity contribution is 0.146. The molecule has 112 valence electrons. The number of rotatable bonds is 5. The molecule has 1 heterocycles. The first-order valence-corrected chi connectivity index (χ1v) is 6.61. The second-order valence-electron chi connectivity index (χ2n) is 4.73. The number of halogens is 2. The van der Waals surface area contributed by atoms with E-state index in [-0.39, 0.29) is 11.3 Å². The molecule has 1 N–H and O–H groups in total. The van der Waals surface area contributed by atoms with Crippen LogP contribution in [0.3, 0.4) is 0 Å². The van der Waals surface area contributed by atoms with E-state index in [1.54, 1.807) is 6.07 Å². The molecule has 0 aromatic heterocycles. The third-order valence-electron chi connectivity index (χ3n) is 3.47. The molecule has 1 aliphatic heterocycles. The van der Waals surface area contributed by atoms with Gasteiger partial charge in [0.2, 0.25) is 0 Å². The minimum absolute atomic E-state index is 0.0848. The Kier molecular flexibility index (Phi) is 5.14. The van der Waals surface area contributed by atoms with E-state index in [0.717, 1.165) is 31.7 Å². The number of ether oxygens (including phenoxy) is 2. The van der Waals surface area contributed by atoms with Gasteiger partial charge in [-0.15, -0.1) is 0 Å². The summed E-state index contributed by atoms with van der Waals surface area (Å²) in [6.07, 6.45) is -2.56. The monoisotopic (exact) mass is 286 g/mol. The van der Waals surface area contributed by atoms with Crippen molar-refractivity contribution in [1.29, 1.82) is 0 Å². The van der Waals surface area contributed by atoms with Gasteiger partial charge < -0.3 is 14.8 Å². The van der Waals surface area contributed by atoms with Crippen LogP contribution in [-0.2, 0) is 6.54 Å². The molecule has 0 amide bonds. The topological polar surface area (TPSA) is 33.7 Å². The molecule has 2 rings (SSSR count). The fourth-order valence-electron chi connectivity index (χ4n) is 2.40. The van der Waals surface area contributed by atoms with Crippen molar-refractivity contribution in [2.75, 3.05) is 40.4 Å². The predicted molar refractivity (Wildman–Crippen MR) is 72.6 cm³/mol. The van der Waals surface area contributed by atoms with E-state index >= 15 is 0 Å². The summed E-state index contributed by atoms with van der Waals surface area (Å²) in [6.45, 7) is 4.24. The maximum Gasteiger partial charge on any atom is 0.267 e. The zero-order valence-electron chi connectivity index (χ0n) is 11.8. The molecule has 4 nitrogen and oxygen atoms in total.